The first kappa shape index (κ1) is 13.8. The molecule has 0 aromatic heterocycles. The number of likely N-dealkylation sites (tertiary alicyclic amines) is 1. The summed E-state index contributed by atoms with van der Waals surface area (Å²) in [5, 5.41) is 8.78. The molecular weight excluding hydrogens is 248 g/mol. The number of alkyl halides is 1. The molecule has 1 unspecified atom stereocenters. The van der Waals surface area contributed by atoms with Gasteiger partial charge in [-0.2, -0.15) is 0 Å². The number of hydrogen-bond donors (Lipinski definition) is 1. The van der Waals surface area contributed by atoms with Crippen molar-refractivity contribution in [1.82, 2.24) is 9.80 Å². The molecule has 0 radical (unpaired) electrons. The normalized spacial score (nSPS) is 17.2. The van der Waals surface area contributed by atoms with E-state index in [1.165, 1.54) is 23.8 Å². The standard InChI is InChI=1S/C10H15ClN2O4/c1-6(10(16)17)12(2)9(15)7-4-13(5-7)8(14)3-11/h6-7H,3-5H2,1-2H3,(H,16,17). The van der Waals surface area contributed by atoms with Crippen molar-refractivity contribution in [1.29, 1.82) is 0 Å². The number of hydrogen-bond acceptors (Lipinski definition) is 3. The molecule has 1 rings (SSSR count). The predicted molar refractivity (Wildman–Crippen MR) is 60.7 cm³/mol. The molecule has 17 heavy (non-hydrogen) atoms. The number of rotatable bonds is 4. The molecule has 0 bridgehead atoms. The summed E-state index contributed by atoms with van der Waals surface area (Å²) in [6.45, 7) is 2.09. The summed E-state index contributed by atoms with van der Waals surface area (Å²) in [7, 11) is 1.45. The maximum Gasteiger partial charge on any atom is 0.326 e. The second-order valence-corrected chi connectivity index (χ2v) is 4.36. The van der Waals surface area contributed by atoms with Gasteiger partial charge in [0.15, 0.2) is 0 Å². The van der Waals surface area contributed by atoms with Gasteiger partial charge < -0.3 is 14.9 Å². The molecule has 2 amide bonds. The van der Waals surface area contributed by atoms with Crippen molar-refractivity contribution in [3.05, 3.63) is 0 Å². The molecule has 0 spiro atoms. The van der Waals surface area contributed by atoms with Crippen LogP contribution in [0.5, 0.6) is 0 Å². The fourth-order valence-electron chi connectivity index (χ4n) is 1.57. The third-order valence-electron chi connectivity index (χ3n) is 2.98. The van der Waals surface area contributed by atoms with Crippen LogP contribution in [0.4, 0.5) is 0 Å². The van der Waals surface area contributed by atoms with Gasteiger partial charge in [0.05, 0.1) is 5.92 Å². The summed E-state index contributed by atoms with van der Waals surface area (Å²) in [5.41, 5.74) is 0. The van der Waals surface area contributed by atoms with Crippen LogP contribution in [0.2, 0.25) is 0 Å². The van der Waals surface area contributed by atoms with Gasteiger partial charge in [-0.1, -0.05) is 0 Å². The van der Waals surface area contributed by atoms with Gasteiger partial charge in [-0.3, -0.25) is 9.59 Å². The SMILES string of the molecule is CC(C(=O)O)N(C)C(=O)C1CN(C(=O)CCl)C1. The molecule has 0 aliphatic carbocycles. The zero-order valence-electron chi connectivity index (χ0n) is 9.72. The molecule has 1 heterocycles. The first-order chi connectivity index (χ1) is 7.88. The topological polar surface area (TPSA) is 77.9 Å². The number of carboxylic acids is 1. The van der Waals surface area contributed by atoms with Gasteiger partial charge in [0, 0.05) is 20.1 Å². The quantitative estimate of drug-likeness (QED) is 0.701. The maximum atomic E-state index is 11.8. The smallest absolute Gasteiger partial charge is 0.326 e. The Morgan fingerprint density at radius 1 is 1.47 bits per heavy atom. The fraction of sp³-hybridized carbons (Fsp3) is 0.700. The van der Waals surface area contributed by atoms with Crippen LogP contribution in [0.15, 0.2) is 0 Å². The Morgan fingerprint density at radius 2 is 2.00 bits per heavy atom. The monoisotopic (exact) mass is 262 g/mol. The Hall–Kier alpha value is -1.30. The number of amides is 2. The summed E-state index contributed by atoms with van der Waals surface area (Å²) in [6.07, 6.45) is 0. The van der Waals surface area contributed by atoms with Crippen LogP contribution in [0.3, 0.4) is 0 Å². The van der Waals surface area contributed by atoms with Crippen LogP contribution in [0.25, 0.3) is 0 Å². The highest BCUT2D eigenvalue weighted by Gasteiger charge is 2.38. The average molecular weight is 263 g/mol. The molecule has 0 saturated carbocycles. The van der Waals surface area contributed by atoms with Crippen molar-refractivity contribution in [3.63, 3.8) is 0 Å². The van der Waals surface area contributed by atoms with Crippen molar-refractivity contribution >= 4 is 29.4 Å². The minimum absolute atomic E-state index is 0.0950. The molecule has 0 aromatic rings. The number of aliphatic carboxylic acids is 1. The zero-order valence-corrected chi connectivity index (χ0v) is 10.5. The molecule has 1 atom stereocenters. The number of nitrogens with zero attached hydrogens (tertiary/aromatic N) is 2. The van der Waals surface area contributed by atoms with Crippen LogP contribution in [-0.4, -0.2) is 64.7 Å². The number of carbonyl (C=O) groups excluding carboxylic acids is 2. The molecule has 1 aliphatic rings. The Kier molecular flexibility index (Phi) is 4.34. The molecule has 96 valence electrons. The number of carboxylic acid groups (broad SMARTS) is 1. The lowest BCUT2D eigenvalue weighted by molar-refractivity contribution is -0.154. The largest absolute Gasteiger partial charge is 0.480 e. The van der Waals surface area contributed by atoms with Gasteiger partial charge in [0.1, 0.15) is 11.9 Å². The Morgan fingerprint density at radius 3 is 2.41 bits per heavy atom. The third-order valence-corrected chi connectivity index (χ3v) is 3.21. The Bertz CT molecular complexity index is 341. The summed E-state index contributed by atoms with van der Waals surface area (Å²) >= 11 is 5.38. The Labute approximate surface area is 104 Å². The molecule has 0 aromatic carbocycles. The third kappa shape index (κ3) is 2.88. The van der Waals surface area contributed by atoms with Gasteiger partial charge in [0.2, 0.25) is 11.8 Å². The predicted octanol–water partition coefficient (Wildman–Crippen LogP) is -0.385. The van der Waals surface area contributed by atoms with E-state index < -0.39 is 12.0 Å². The van der Waals surface area contributed by atoms with Crippen LogP contribution >= 0.6 is 11.6 Å². The number of halogens is 1. The van der Waals surface area contributed by atoms with Gasteiger partial charge in [0.25, 0.3) is 0 Å². The van der Waals surface area contributed by atoms with E-state index in [0.29, 0.717) is 13.1 Å². The molecular formula is C10H15ClN2O4. The molecule has 1 N–H and O–H groups in total. The highest BCUT2D eigenvalue weighted by molar-refractivity contribution is 6.27. The highest BCUT2D eigenvalue weighted by Crippen LogP contribution is 2.19. The van der Waals surface area contributed by atoms with Gasteiger partial charge in [-0.15, -0.1) is 11.6 Å². The van der Waals surface area contributed by atoms with E-state index in [2.05, 4.69) is 0 Å². The van der Waals surface area contributed by atoms with Crippen LogP contribution in [0, 0.1) is 5.92 Å². The molecule has 1 saturated heterocycles. The summed E-state index contributed by atoms with van der Waals surface area (Å²) in [6, 6.07) is -0.861. The lowest BCUT2D eigenvalue weighted by atomic mass is 9.98. The Balaban J connectivity index is 2.47. The van der Waals surface area contributed by atoms with Crippen LogP contribution in [0.1, 0.15) is 6.92 Å². The maximum absolute atomic E-state index is 11.8. The first-order valence-corrected chi connectivity index (χ1v) is 5.75. The number of likely N-dealkylation sites (N-methyl/N-ethyl adjacent to an activating group) is 1. The second-order valence-electron chi connectivity index (χ2n) is 4.09. The van der Waals surface area contributed by atoms with Crippen molar-refractivity contribution < 1.29 is 19.5 Å². The van der Waals surface area contributed by atoms with Crippen LogP contribution in [-0.2, 0) is 14.4 Å². The zero-order chi connectivity index (χ0) is 13.2. The van der Waals surface area contributed by atoms with Crippen molar-refractivity contribution in [2.24, 2.45) is 5.92 Å². The van der Waals surface area contributed by atoms with Crippen molar-refractivity contribution in [3.8, 4) is 0 Å². The minimum Gasteiger partial charge on any atom is -0.480 e. The lowest BCUT2D eigenvalue weighted by Crippen LogP contribution is -2.57. The summed E-state index contributed by atoms with van der Waals surface area (Å²) < 4.78 is 0. The first-order valence-electron chi connectivity index (χ1n) is 5.21. The number of carbonyl (C=O) groups is 3. The minimum atomic E-state index is -1.05. The fourth-order valence-corrected chi connectivity index (χ4v) is 1.74. The van der Waals surface area contributed by atoms with Crippen molar-refractivity contribution in [2.45, 2.75) is 13.0 Å². The van der Waals surface area contributed by atoms with E-state index in [4.69, 9.17) is 16.7 Å². The van der Waals surface area contributed by atoms with E-state index in [-0.39, 0.29) is 23.6 Å². The highest BCUT2D eigenvalue weighted by atomic mass is 35.5. The molecule has 7 heteroatoms. The van der Waals surface area contributed by atoms with Crippen molar-refractivity contribution in [2.75, 3.05) is 26.0 Å². The molecule has 1 fully saturated rings. The van der Waals surface area contributed by atoms with E-state index in [9.17, 15) is 14.4 Å². The molecule has 1 aliphatic heterocycles. The van der Waals surface area contributed by atoms with Crippen LogP contribution < -0.4 is 0 Å². The van der Waals surface area contributed by atoms with Gasteiger partial charge >= 0.3 is 5.97 Å². The second kappa shape index (κ2) is 5.35. The van der Waals surface area contributed by atoms with Gasteiger partial charge in [-0.25, -0.2) is 4.79 Å². The average Bonchev–Trinajstić information content (AvgIpc) is 2.24. The summed E-state index contributed by atoms with van der Waals surface area (Å²) in [4.78, 5) is 36.4. The van der Waals surface area contributed by atoms with Gasteiger partial charge in [-0.05, 0) is 6.92 Å². The lowest BCUT2D eigenvalue weighted by Gasteiger charge is -2.40. The van der Waals surface area contributed by atoms with E-state index in [0.717, 1.165) is 0 Å². The summed E-state index contributed by atoms with van der Waals surface area (Å²) in [5.74, 6) is -1.91. The van der Waals surface area contributed by atoms with E-state index in [1.54, 1.807) is 0 Å². The molecule has 6 nitrogen and oxygen atoms in total. The van der Waals surface area contributed by atoms with E-state index in [1.807, 2.05) is 0 Å². The van der Waals surface area contributed by atoms with E-state index >= 15 is 0 Å².